The molecular weight excluding hydrogens is 328 g/mol. The first-order valence-electron chi connectivity index (χ1n) is 8.95. The third-order valence-corrected chi connectivity index (χ3v) is 5.32. The number of aryl methyl sites for hydroxylation is 1. The third-order valence-electron chi connectivity index (χ3n) is 5.08. The Hall–Kier alpha value is -1.83. The molecule has 1 atom stereocenters. The second-order valence-corrected chi connectivity index (χ2v) is 8.00. The van der Waals surface area contributed by atoms with Crippen LogP contribution in [0.4, 0.5) is 0 Å². The minimum absolute atomic E-state index is 0.127. The van der Waals surface area contributed by atoms with E-state index in [1.807, 2.05) is 6.07 Å². The van der Waals surface area contributed by atoms with Crippen molar-refractivity contribution in [2.75, 3.05) is 0 Å². The summed E-state index contributed by atoms with van der Waals surface area (Å²) in [5, 5.41) is 3.32. The van der Waals surface area contributed by atoms with E-state index in [0.29, 0.717) is 0 Å². The first-order valence-corrected chi connectivity index (χ1v) is 9.32. The van der Waals surface area contributed by atoms with Gasteiger partial charge in [-0.25, -0.2) is 0 Å². The summed E-state index contributed by atoms with van der Waals surface area (Å²) in [5.41, 5.74) is 3.92. The van der Waals surface area contributed by atoms with Gasteiger partial charge in [0.05, 0.1) is 11.7 Å². The van der Waals surface area contributed by atoms with Crippen molar-refractivity contribution in [1.29, 1.82) is 0 Å². The second kappa shape index (κ2) is 6.48. The van der Waals surface area contributed by atoms with E-state index in [4.69, 9.17) is 16.3 Å². The number of hydrogen-bond acceptors (Lipinski definition) is 1. The summed E-state index contributed by atoms with van der Waals surface area (Å²) in [4.78, 5) is 0. The zero-order valence-electron chi connectivity index (χ0n) is 14.8. The summed E-state index contributed by atoms with van der Waals surface area (Å²) in [6.07, 6.45) is 3.06. The van der Waals surface area contributed by atoms with Crippen LogP contribution in [-0.2, 0) is 17.6 Å². The highest BCUT2D eigenvalue weighted by atomic mass is 35.5. The van der Waals surface area contributed by atoms with Crippen LogP contribution < -0.4 is 0 Å². The van der Waals surface area contributed by atoms with Gasteiger partial charge in [0.25, 0.3) is 0 Å². The number of ether oxygens (including phenoxy) is 1. The molecule has 0 radical (unpaired) electrons. The minimum atomic E-state index is -0.162. The molecule has 2 heteroatoms. The van der Waals surface area contributed by atoms with Gasteiger partial charge in [0.1, 0.15) is 0 Å². The maximum atomic E-state index is 6.47. The Morgan fingerprint density at radius 3 is 2.60 bits per heavy atom. The van der Waals surface area contributed by atoms with Crippen molar-refractivity contribution < 1.29 is 4.74 Å². The summed E-state index contributed by atoms with van der Waals surface area (Å²) in [7, 11) is 0. The number of benzene rings is 3. The smallest absolute Gasteiger partial charge is 0.0838 e. The average molecular weight is 351 g/mol. The van der Waals surface area contributed by atoms with E-state index in [1.54, 1.807) is 0 Å². The van der Waals surface area contributed by atoms with Crippen molar-refractivity contribution in [2.45, 2.75) is 44.8 Å². The van der Waals surface area contributed by atoms with E-state index in [2.05, 4.69) is 68.4 Å². The molecule has 0 amide bonds. The molecule has 1 aliphatic rings. The SMILES string of the molecule is CC1(C)Cc2c(ccc3ccc(Cl)cc23)C(CCc2ccccc2)O1. The van der Waals surface area contributed by atoms with Gasteiger partial charge in [-0.3, -0.25) is 0 Å². The average Bonchev–Trinajstić information content (AvgIpc) is 2.60. The largest absolute Gasteiger partial charge is 0.367 e. The molecule has 4 rings (SSSR count). The first kappa shape index (κ1) is 16.6. The molecule has 0 fully saturated rings. The normalized spacial score (nSPS) is 18.9. The van der Waals surface area contributed by atoms with Crippen LogP contribution in [0, 0.1) is 0 Å². The van der Waals surface area contributed by atoms with E-state index < -0.39 is 0 Å². The highest BCUT2D eigenvalue weighted by Crippen LogP contribution is 2.41. The summed E-state index contributed by atoms with van der Waals surface area (Å²) in [6.45, 7) is 4.38. The fourth-order valence-corrected chi connectivity index (χ4v) is 4.11. The van der Waals surface area contributed by atoms with Crippen molar-refractivity contribution >= 4 is 22.4 Å². The summed E-state index contributed by atoms with van der Waals surface area (Å²) >= 11 is 6.28. The van der Waals surface area contributed by atoms with E-state index in [9.17, 15) is 0 Å². The van der Waals surface area contributed by atoms with E-state index >= 15 is 0 Å². The van der Waals surface area contributed by atoms with Crippen LogP contribution in [-0.4, -0.2) is 5.60 Å². The van der Waals surface area contributed by atoms with E-state index in [0.717, 1.165) is 24.3 Å². The van der Waals surface area contributed by atoms with Crippen molar-refractivity contribution in [3.63, 3.8) is 0 Å². The van der Waals surface area contributed by atoms with Gasteiger partial charge in [-0.05, 0) is 66.3 Å². The Labute approximate surface area is 154 Å². The minimum Gasteiger partial charge on any atom is -0.367 e. The highest BCUT2D eigenvalue weighted by Gasteiger charge is 2.33. The van der Waals surface area contributed by atoms with Gasteiger partial charge in [-0.1, -0.05) is 60.1 Å². The van der Waals surface area contributed by atoms with E-state index in [-0.39, 0.29) is 11.7 Å². The number of halogens is 1. The van der Waals surface area contributed by atoms with Crippen LogP contribution in [0.3, 0.4) is 0 Å². The lowest BCUT2D eigenvalue weighted by Crippen LogP contribution is -2.35. The maximum absolute atomic E-state index is 6.47. The standard InChI is InChI=1S/C23H23ClO/c1-23(2)15-21-19(12-10-17-9-11-18(24)14-20(17)21)22(25-23)13-8-16-6-4-3-5-7-16/h3-7,9-12,14,22H,8,13,15H2,1-2H3. The maximum Gasteiger partial charge on any atom is 0.0838 e. The Morgan fingerprint density at radius 1 is 1.04 bits per heavy atom. The summed E-state index contributed by atoms with van der Waals surface area (Å²) in [5.74, 6) is 0. The van der Waals surface area contributed by atoms with Crippen LogP contribution in [0.15, 0.2) is 60.7 Å². The van der Waals surface area contributed by atoms with Crippen molar-refractivity contribution in [3.05, 3.63) is 82.4 Å². The van der Waals surface area contributed by atoms with Gasteiger partial charge in [0.15, 0.2) is 0 Å². The molecule has 1 nitrogen and oxygen atoms in total. The zero-order chi connectivity index (χ0) is 17.4. The Kier molecular flexibility index (Phi) is 4.31. The Balaban J connectivity index is 1.72. The molecule has 3 aromatic rings. The summed E-state index contributed by atoms with van der Waals surface area (Å²) in [6, 6.07) is 21.3. The molecular formula is C23H23ClO. The molecule has 1 heterocycles. The third kappa shape index (κ3) is 3.44. The predicted molar refractivity (Wildman–Crippen MR) is 105 cm³/mol. The quantitative estimate of drug-likeness (QED) is 0.522. The first-order chi connectivity index (χ1) is 12.0. The molecule has 25 heavy (non-hydrogen) atoms. The van der Waals surface area contributed by atoms with E-state index in [1.165, 1.54) is 27.5 Å². The molecule has 0 N–H and O–H groups in total. The molecule has 1 unspecified atom stereocenters. The number of hydrogen-bond donors (Lipinski definition) is 0. The molecule has 0 saturated heterocycles. The lowest BCUT2D eigenvalue weighted by Gasteiger charge is -2.38. The topological polar surface area (TPSA) is 9.23 Å². The molecule has 0 aliphatic carbocycles. The second-order valence-electron chi connectivity index (χ2n) is 7.57. The van der Waals surface area contributed by atoms with Crippen molar-refractivity contribution in [2.24, 2.45) is 0 Å². The molecule has 128 valence electrons. The van der Waals surface area contributed by atoms with Crippen LogP contribution in [0.1, 0.15) is 43.1 Å². The number of fused-ring (bicyclic) bond motifs is 3. The molecule has 3 aromatic carbocycles. The molecule has 0 bridgehead atoms. The van der Waals surface area contributed by atoms with Crippen LogP contribution in [0.2, 0.25) is 5.02 Å². The number of rotatable bonds is 3. The van der Waals surface area contributed by atoms with Gasteiger partial charge < -0.3 is 4.74 Å². The van der Waals surface area contributed by atoms with Crippen LogP contribution >= 0.6 is 11.6 Å². The van der Waals surface area contributed by atoms with Crippen molar-refractivity contribution in [1.82, 2.24) is 0 Å². The fraction of sp³-hybridized carbons (Fsp3) is 0.304. The van der Waals surface area contributed by atoms with Gasteiger partial charge in [-0.15, -0.1) is 0 Å². The van der Waals surface area contributed by atoms with Gasteiger partial charge >= 0.3 is 0 Å². The summed E-state index contributed by atoms with van der Waals surface area (Å²) < 4.78 is 6.47. The lowest BCUT2D eigenvalue weighted by atomic mass is 9.83. The van der Waals surface area contributed by atoms with Gasteiger partial charge in [0, 0.05) is 11.4 Å². The van der Waals surface area contributed by atoms with Gasteiger partial charge in [0.2, 0.25) is 0 Å². The Morgan fingerprint density at radius 2 is 1.80 bits per heavy atom. The molecule has 1 aliphatic heterocycles. The highest BCUT2D eigenvalue weighted by molar-refractivity contribution is 6.31. The lowest BCUT2D eigenvalue weighted by molar-refractivity contribution is -0.0872. The molecule has 0 spiro atoms. The monoisotopic (exact) mass is 350 g/mol. The fourth-order valence-electron chi connectivity index (χ4n) is 3.94. The van der Waals surface area contributed by atoms with Crippen molar-refractivity contribution in [3.8, 4) is 0 Å². The van der Waals surface area contributed by atoms with Crippen LogP contribution in [0.5, 0.6) is 0 Å². The predicted octanol–water partition coefficient (Wildman–Crippen LogP) is 6.52. The van der Waals surface area contributed by atoms with Gasteiger partial charge in [-0.2, -0.15) is 0 Å². The Bertz CT molecular complexity index is 899. The zero-order valence-corrected chi connectivity index (χ0v) is 15.5. The van der Waals surface area contributed by atoms with Crippen LogP contribution in [0.25, 0.3) is 10.8 Å². The molecule has 0 saturated carbocycles. The molecule has 0 aromatic heterocycles.